The van der Waals surface area contributed by atoms with Crippen LogP contribution in [0, 0.1) is 34.9 Å². The minimum absolute atomic E-state index is 0.0356. The van der Waals surface area contributed by atoms with Crippen molar-refractivity contribution in [1.82, 2.24) is 0 Å². The first-order valence-electron chi connectivity index (χ1n) is 15.9. The van der Waals surface area contributed by atoms with E-state index in [-0.39, 0.29) is 41.1 Å². The van der Waals surface area contributed by atoms with Crippen LogP contribution in [0.25, 0.3) is 0 Å². The highest BCUT2D eigenvalue weighted by atomic mass is 35.5. The van der Waals surface area contributed by atoms with Gasteiger partial charge in [-0.3, -0.25) is 19.2 Å². The molecule has 52 heavy (non-hydrogen) atoms. The van der Waals surface area contributed by atoms with Crippen molar-refractivity contribution >= 4 is 46.6 Å². The van der Waals surface area contributed by atoms with Gasteiger partial charge in [-0.05, 0) is 68.1 Å². The molecular formula is C36H26ClF7N2O6. The average Bonchev–Trinajstić information content (AvgIpc) is 3.44. The SMILES string of the molecule is COc1cc(O)ccc1[C@H]1C2=CC[C@@H]3C(=O)N(c4cc(C(F)(F)F)cc(C(F)(F)F)c4)C(=O)[C@@H]3[C@@H]2C[C@H]2C(=O)N(c3ccc(F)c(Cl)c3)C(=O)[C@@]12C. The van der Waals surface area contributed by atoms with Crippen LogP contribution in [0.1, 0.15) is 42.4 Å². The molecule has 0 spiro atoms. The second kappa shape index (κ2) is 11.8. The van der Waals surface area contributed by atoms with Crippen molar-refractivity contribution in [2.75, 3.05) is 16.9 Å². The van der Waals surface area contributed by atoms with Crippen LogP contribution < -0.4 is 14.5 Å². The number of rotatable bonds is 4. The van der Waals surface area contributed by atoms with Crippen LogP contribution in [0.3, 0.4) is 0 Å². The molecule has 3 aromatic carbocycles. The molecule has 4 aliphatic rings. The molecule has 8 nitrogen and oxygen atoms in total. The van der Waals surface area contributed by atoms with E-state index in [0.717, 1.165) is 17.0 Å². The number of phenolic OH excluding ortho intramolecular Hbond substituents is 1. The van der Waals surface area contributed by atoms with E-state index in [1.54, 1.807) is 13.0 Å². The molecule has 2 saturated heterocycles. The third-order valence-corrected chi connectivity index (χ3v) is 11.1. The lowest BCUT2D eigenvalue weighted by molar-refractivity contribution is -0.143. The third kappa shape index (κ3) is 5.18. The Morgan fingerprint density at radius 1 is 0.827 bits per heavy atom. The van der Waals surface area contributed by atoms with E-state index in [2.05, 4.69) is 0 Å². The minimum Gasteiger partial charge on any atom is -0.508 e. The largest absolute Gasteiger partial charge is 0.508 e. The molecule has 0 unspecified atom stereocenters. The molecule has 2 aliphatic carbocycles. The van der Waals surface area contributed by atoms with Gasteiger partial charge in [0.2, 0.25) is 23.6 Å². The van der Waals surface area contributed by atoms with Gasteiger partial charge in [-0.25, -0.2) is 14.2 Å². The van der Waals surface area contributed by atoms with Crippen molar-refractivity contribution in [3.8, 4) is 11.5 Å². The minimum atomic E-state index is -5.25. The lowest BCUT2D eigenvalue weighted by Gasteiger charge is -2.49. The van der Waals surface area contributed by atoms with E-state index in [0.29, 0.717) is 28.2 Å². The molecular weight excluding hydrogens is 725 g/mol. The monoisotopic (exact) mass is 750 g/mol. The second-order valence-electron chi connectivity index (χ2n) is 13.5. The Morgan fingerprint density at radius 3 is 2.08 bits per heavy atom. The molecule has 272 valence electrons. The highest BCUT2D eigenvalue weighted by molar-refractivity contribution is 6.32. The number of nitrogens with zero attached hydrogens (tertiary/aromatic N) is 2. The van der Waals surface area contributed by atoms with Crippen LogP contribution >= 0.6 is 11.6 Å². The van der Waals surface area contributed by atoms with E-state index in [9.17, 15) is 55.0 Å². The predicted molar refractivity (Wildman–Crippen MR) is 170 cm³/mol. The number of carbonyl (C=O) groups excluding carboxylic acids is 4. The summed E-state index contributed by atoms with van der Waals surface area (Å²) in [4.78, 5) is 58.1. The maximum absolute atomic E-state index is 14.5. The Bertz CT molecular complexity index is 2080. The highest BCUT2D eigenvalue weighted by Crippen LogP contribution is 2.64. The smallest absolute Gasteiger partial charge is 0.416 e. The zero-order valence-corrected chi connectivity index (χ0v) is 27.7. The summed E-state index contributed by atoms with van der Waals surface area (Å²) in [6, 6.07) is 7.86. The number of carbonyl (C=O) groups is 4. The number of amides is 4. The van der Waals surface area contributed by atoms with Crippen molar-refractivity contribution in [3.63, 3.8) is 0 Å². The highest BCUT2D eigenvalue weighted by Gasteiger charge is 2.68. The summed E-state index contributed by atoms with van der Waals surface area (Å²) in [6.07, 6.45) is -9.26. The fourth-order valence-corrected chi connectivity index (χ4v) is 8.66. The summed E-state index contributed by atoms with van der Waals surface area (Å²) in [5.41, 5.74) is -5.23. The molecule has 4 amide bonds. The van der Waals surface area contributed by atoms with Crippen molar-refractivity contribution in [1.29, 1.82) is 0 Å². The van der Waals surface area contributed by atoms with Crippen LogP contribution in [-0.4, -0.2) is 35.8 Å². The van der Waals surface area contributed by atoms with Gasteiger partial charge in [-0.15, -0.1) is 0 Å². The summed E-state index contributed by atoms with van der Waals surface area (Å²) < 4.78 is 102. The van der Waals surface area contributed by atoms with E-state index in [1.165, 1.54) is 31.4 Å². The number of allylic oxidation sites excluding steroid dienone is 2. The maximum atomic E-state index is 14.5. The lowest BCUT2D eigenvalue weighted by atomic mass is 9.51. The molecule has 0 radical (unpaired) electrons. The number of hydrogen-bond acceptors (Lipinski definition) is 6. The van der Waals surface area contributed by atoms with E-state index in [4.69, 9.17) is 16.3 Å². The number of halogens is 8. The van der Waals surface area contributed by atoms with Crippen LogP contribution in [0.2, 0.25) is 5.02 Å². The normalized spacial score (nSPS) is 27.4. The van der Waals surface area contributed by atoms with Crippen LogP contribution in [-0.2, 0) is 31.5 Å². The van der Waals surface area contributed by atoms with Crippen molar-refractivity contribution in [2.24, 2.45) is 29.1 Å². The summed E-state index contributed by atoms with van der Waals surface area (Å²) in [5.74, 6) is -10.2. The third-order valence-electron chi connectivity index (χ3n) is 10.8. The number of benzene rings is 3. The zero-order valence-electron chi connectivity index (χ0n) is 27.0. The lowest BCUT2D eigenvalue weighted by Crippen LogP contribution is -2.49. The first-order chi connectivity index (χ1) is 24.3. The predicted octanol–water partition coefficient (Wildman–Crippen LogP) is 7.67. The van der Waals surface area contributed by atoms with Gasteiger partial charge >= 0.3 is 12.4 Å². The van der Waals surface area contributed by atoms with Gasteiger partial charge in [-0.2, -0.15) is 26.3 Å². The molecule has 1 saturated carbocycles. The van der Waals surface area contributed by atoms with E-state index in [1.807, 2.05) is 0 Å². The number of aromatic hydroxyl groups is 1. The standard InChI is InChI=1S/C36H26ClF7N2O6/c1-34-24(31(49)46(33(34)51)17-3-8-26(38)25(37)12-17)14-23-20(29(34)21-5-4-19(47)13-27(21)52-2)6-7-22-28(23)32(50)45(30(22)48)18-10-15(35(39,40)41)9-16(11-18)36(42,43)44/h3-6,8-13,22-24,28-29,47H,7,14H2,1-2H3/t22-,23+,24-,28-,29+,34+/m0/s1. The number of alkyl halides is 6. The molecule has 1 N–H and O–H groups in total. The quantitative estimate of drug-likeness (QED) is 0.167. The summed E-state index contributed by atoms with van der Waals surface area (Å²) in [5, 5.41) is 9.88. The fourth-order valence-electron chi connectivity index (χ4n) is 8.49. The van der Waals surface area contributed by atoms with Gasteiger partial charge in [0.05, 0.1) is 57.8 Å². The number of ether oxygens (including phenoxy) is 1. The van der Waals surface area contributed by atoms with Gasteiger partial charge in [0.25, 0.3) is 0 Å². The Hall–Kier alpha value is -4.92. The molecule has 0 aromatic heterocycles. The molecule has 3 fully saturated rings. The summed E-state index contributed by atoms with van der Waals surface area (Å²) in [6.45, 7) is 1.54. The Morgan fingerprint density at radius 2 is 1.48 bits per heavy atom. The van der Waals surface area contributed by atoms with Crippen LogP contribution in [0.15, 0.2) is 66.2 Å². The number of anilines is 2. The molecule has 3 aromatic rings. The average molecular weight is 751 g/mol. The van der Waals surface area contributed by atoms with Crippen LogP contribution in [0.4, 0.5) is 42.1 Å². The Kier molecular flexibility index (Phi) is 8.05. The Balaban J connectivity index is 1.37. The number of fused-ring (bicyclic) bond motifs is 4. The first kappa shape index (κ1) is 35.5. The fraction of sp³-hybridized carbons (Fsp3) is 0.333. The summed E-state index contributed by atoms with van der Waals surface area (Å²) >= 11 is 6.01. The van der Waals surface area contributed by atoms with Crippen molar-refractivity contribution in [2.45, 2.75) is 38.0 Å². The van der Waals surface area contributed by atoms with Gasteiger partial charge in [-0.1, -0.05) is 29.3 Å². The van der Waals surface area contributed by atoms with Crippen molar-refractivity contribution < 1.29 is 59.8 Å². The molecule has 0 bridgehead atoms. The molecule has 6 atom stereocenters. The molecule has 16 heteroatoms. The van der Waals surface area contributed by atoms with Gasteiger partial charge in [0.1, 0.15) is 17.3 Å². The van der Waals surface area contributed by atoms with Gasteiger partial charge in [0, 0.05) is 17.5 Å². The number of hydrogen-bond donors (Lipinski definition) is 1. The maximum Gasteiger partial charge on any atom is 0.416 e. The topological polar surface area (TPSA) is 104 Å². The van der Waals surface area contributed by atoms with Crippen molar-refractivity contribution in [3.05, 3.63) is 93.8 Å². The molecule has 2 heterocycles. The number of imide groups is 2. The number of phenols is 1. The van der Waals surface area contributed by atoms with E-state index < -0.39 is 93.6 Å². The second-order valence-corrected chi connectivity index (χ2v) is 13.9. The van der Waals surface area contributed by atoms with Gasteiger partial charge < -0.3 is 9.84 Å². The first-order valence-corrected chi connectivity index (χ1v) is 16.2. The van der Waals surface area contributed by atoms with Gasteiger partial charge in [0.15, 0.2) is 0 Å². The summed E-state index contributed by atoms with van der Waals surface area (Å²) in [7, 11) is 1.30. The Labute approximate surface area is 295 Å². The number of methoxy groups -OCH3 is 1. The van der Waals surface area contributed by atoms with E-state index >= 15 is 0 Å². The molecule has 7 rings (SSSR count). The molecule has 2 aliphatic heterocycles. The van der Waals surface area contributed by atoms with Crippen LogP contribution in [0.5, 0.6) is 11.5 Å². The zero-order chi connectivity index (χ0) is 37.8.